The van der Waals surface area contributed by atoms with Crippen LogP contribution in [-0.4, -0.2) is 46.8 Å². The van der Waals surface area contributed by atoms with Crippen molar-refractivity contribution in [3.05, 3.63) is 74.8 Å². The Hall–Kier alpha value is -3.35. The number of piperazine rings is 1. The molecule has 0 aliphatic carbocycles. The summed E-state index contributed by atoms with van der Waals surface area (Å²) in [6, 6.07) is 14.9. The first-order valence-electron chi connectivity index (χ1n) is 9.34. The van der Waals surface area contributed by atoms with Gasteiger partial charge in [0, 0.05) is 31.9 Å². The molecule has 28 heavy (non-hydrogen) atoms. The Morgan fingerprint density at radius 1 is 0.964 bits per heavy atom. The van der Waals surface area contributed by atoms with E-state index in [0.717, 1.165) is 23.5 Å². The monoisotopic (exact) mass is 378 g/mol. The predicted molar refractivity (Wildman–Crippen MR) is 109 cm³/mol. The Bertz CT molecular complexity index is 1140. The maximum Gasteiger partial charge on any atom is 0.273 e. The fourth-order valence-electron chi connectivity index (χ4n) is 3.63. The number of rotatable bonds is 3. The molecule has 2 aromatic carbocycles. The lowest BCUT2D eigenvalue weighted by Crippen LogP contribution is -2.50. The number of aromatic nitrogens is 2. The van der Waals surface area contributed by atoms with E-state index in [0.29, 0.717) is 23.9 Å². The highest BCUT2D eigenvalue weighted by atomic mass is 16.2. The van der Waals surface area contributed by atoms with Crippen LogP contribution in [0.5, 0.6) is 0 Å². The van der Waals surface area contributed by atoms with Gasteiger partial charge in [-0.15, -0.1) is 0 Å². The first kappa shape index (κ1) is 18.0. The predicted octanol–water partition coefficient (Wildman–Crippen LogP) is 1.35. The number of hydrogen-bond donors (Lipinski definition) is 1. The average molecular weight is 378 g/mol. The lowest BCUT2D eigenvalue weighted by molar-refractivity contribution is -0.132. The number of hydrogen-bond acceptors (Lipinski definition) is 4. The zero-order chi connectivity index (χ0) is 19.7. The Morgan fingerprint density at radius 2 is 1.68 bits per heavy atom. The van der Waals surface area contributed by atoms with Crippen LogP contribution in [0.3, 0.4) is 0 Å². The zero-order valence-electron chi connectivity index (χ0n) is 15.7. The maximum atomic E-state index is 12.7. The summed E-state index contributed by atoms with van der Waals surface area (Å²) in [5, 5.41) is 3.18. The van der Waals surface area contributed by atoms with Gasteiger partial charge in [0.25, 0.3) is 11.1 Å². The van der Waals surface area contributed by atoms with E-state index in [-0.39, 0.29) is 23.6 Å². The number of aromatic amines is 1. The number of fused-ring (bicyclic) bond motifs is 1. The molecule has 1 saturated heterocycles. The highest BCUT2D eigenvalue weighted by molar-refractivity contribution is 5.81. The highest BCUT2D eigenvalue weighted by Crippen LogP contribution is 2.17. The first-order valence-corrected chi connectivity index (χ1v) is 9.34. The van der Waals surface area contributed by atoms with Crippen LogP contribution in [0.2, 0.25) is 0 Å². The number of carbonyl (C=O) groups is 1. The molecule has 0 radical (unpaired) electrons. The van der Waals surface area contributed by atoms with Crippen LogP contribution in [0.4, 0.5) is 5.69 Å². The standard InChI is InChI=1S/C21H22N4O3/c1-15-5-4-6-16(13-15)23-9-11-24(12-10-23)19(26)14-25-21(28)18-8-3-2-7-17(18)20(27)22-25/h2-8,13H,9-12,14H2,1H3,(H,22,27). The van der Waals surface area contributed by atoms with E-state index >= 15 is 0 Å². The highest BCUT2D eigenvalue weighted by Gasteiger charge is 2.22. The van der Waals surface area contributed by atoms with Crippen LogP contribution >= 0.6 is 0 Å². The van der Waals surface area contributed by atoms with Crippen molar-refractivity contribution in [3.63, 3.8) is 0 Å². The third kappa shape index (κ3) is 3.43. The van der Waals surface area contributed by atoms with Crippen molar-refractivity contribution in [2.24, 2.45) is 0 Å². The van der Waals surface area contributed by atoms with Gasteiger partial charge in [-0.25, -0.2) is 4.68 Å². The van der Waals surface area contributed by atoms with Gasteiger partial charge in [-0.3, -0.25) is 19.5 Å². The van der Waals surface area contributed by atoms with Crippen molar-refractivity contribution >= 4 is 22.4 Å². The van der Waals surface area contributed by atoms with Crippen LogP contribution in [-0.2, 0) is 11.3 Å². The van der Waals surface area contributed by atoms with Gasteiger partial charge in [0.1, 0.15) is 6.54 Å². The van der Waals surface area contributed by atoms with E-state index in [9.17, 15) is 14.4 Å². The quantitative estimate of drug-likeness (QED) is 0.746. The van der Waals surface area contributed by atoms with E-state index in [1.54, 1.807) is 29.2 Å². The SMILES string of the molecule is Cc1cccc(N2CCN(C(=O)Cn3[nH]c(=O)c4ccccc4c3=O)CC2)c1. The van der Waals surface area contributed by atoms with Gasteiger partial charge in [-0.2, -0.15) is 0 Å². The van der Waals surface area contributed by atoms with Gasteiger partial charge >= 0.3 is 0 Å². The average Bonchev–Trinajstić information content (AvgIpc) is 2.72. The molecule has 4 rings (SSSR count). The summed E-state index contributed by atoms with van der Waals surface area (Å²) >= 11 is 0. The van der Waals surface area contributed by atoms with Gasteiger partial charge in [-0.05, 0) is 36.8 Å². The smallest absolute Gasteiger partial charge is 0.273 e. The van der Waals surface area contributed by atoms with E-state index in [1.165, 1.54) is 5.56 Å². The number of H-pyrrole nitrogens is 1. The second-order valence-electron chi connectivity index (χ2n) is 7.08. The Labute approximate surface area is 161 Å². The lowest BCUT2D eigenvalue weighted by atomic mass is 10.2. The van der Waals surface area contributed by atoms with Crippen LogP contribution in [0, 0.1) is 6.92 Å². The summed E-state index contributed by atoms with van der Waals surface area (Å²) in [6.07, 6.45) is 0. The van der Waals surface area contributed by atoms with Gasteiger partial charge < -0.3 is 9.80 Å². The summed E-state index contributed by atoms with van der Waals surface area (Å²) in [6.45, 7) is 4.53. The molecule has 0 saturated carbocycles. The minimum absolute atomic E-state index is 0.163. The molecular formula is C21H22N4O3. The molecule has 7 heteroatoms. The molecule has 2 heterocycles. The first-order chi connectivity index (χ1) is 13.5. The van der Waals surface area contributed by atoms with Crippen molar-refractivity contribution in [2.75, 3.05) is 31.1 Å². The fraction of sp³-hybridized carbons (Fsp3) is 0.286. The number of amides is 1. The van der Waals surface area contributed by atoms with Crippen molar-refractivity contribution < 1.29 is 4.79 Å². The number of aryl methyl sites for hydroxylation is 1. The topological polar surface area (TPSA) is 78.4 Å². The van der Waals surface area contributed by atoms with Gasteiger partial charge in [-0.1, -0.05) is 24.3 Å². The Kier molecular flexibility index (Phi) is 4.73. The molecule has 1 amide bonds. The number of nitrogens with zero attached hydrogens (tertiary/aromatic N) is 3. The zero-order valence-corrected chi connectivity index (χ0v) is 15.7. The second kappa shape index (κ2) is 7.34. The van der Waals surface area contributed by atoms with E-state index in [2.05, 4.69) is 35.1 Å². The summed E-state index contributed by atoms with van der Waals surface area (Å²) in [5.74, 6) is -0.170. The van der Waals surface area contributed by atoms with Gasteiger partial charge in [0.2, 0.25) is 5.91 Å². The summed E-state index contributed by atoms with van der Waals surface area (Å²) in [4.78, 5) is 41.5. The summed E-state index contributed by atoms with van der Waals surface area (Å²) < 4.78 is 1.11. The molecule has 144 valence electrons. The Morgan fingerprint density at radius 3 is 2.39 bits per heavy atom. The van der Waals surface area contributed by atoms with Crippen molar-refractivity contribution in [2.45, 2.75) is 13.5 Å². The van der Waals surface area contributed by atoms with Crippen molar-refractivity contribution in [1.82, 2.24) is 14.7 Å². The molecule has 0 spiro atoms. The molecule has 0 atom stereocenters. The minimum Gasteiger partial charge on any atom is -0.368 e. The third-order valence-corrected chi connectivity index (χ3v) is 5.18. The largest absolute Gasteiger partial charge is 0.368 e. The van der Waals surface area contributed by atoms with Crippen LogP contribution in [0.1, 0.15) is 5.56 Å². The summed E-state index contributed by atoms with van der Waals surface area (Å²) in [7, 11) is 0. The molecule has 1 N–H and O–H groups in total. The number of benzene rings is 2. The molecule has 1 aromatic heterocycles. The third-order valence-electron chi connectivity index (χ3n) is 5.18. The van der Waals surface area contributed by atoms with E-state index in [1.807, 2.05) is 6.07 Å². The molecule has 1 aliphatic heterocycles. The van der Waals surface area contributed by atoms with Crippen molar-refractivity contribution in [3.8, 4) is 0 Å². The lowest BCUT2D eigenvalue weighted by Gasteiger charge is -2.36. The van der Waals surface area contributed by atoms with Crippen molar-refractivity contribution in [1.29, 1.82) is 0 Å². The van der Waals surface area contributed by atoms with Crippen LogP contribution in [0.15, 0.2) is 58.1 Å². The van der Waals surface area contributed by atoms with E-state index in [4.69, 9.17) is 0 Å². The Balaban J connectivity index is 1.47. The summed E-state index contributed by atoms with van der Waals surface area (Å²) in [5.41, 5.74) is 1.63. The molecule has 1 fully saturated rings. The number of nitrogens with one attached hydrogen (secondary N) is 1. The van der Waals surface area contributed by atoms with E-state index < -0.39 is 0 Å². The van der Waals surface area contributed by atoms with Crippen LogP contribution < -0.4 is 16.0 Å². The fourth-order valence-corrected chi connectivity index (χ4v) is 3.63. The molecule has 1 aliphatic rings. The normalized spacial score (nSPS) is 14.5. The molecule has 0 bridgehead atoms. The van der Waals surface area contributed by atoms with Gasteiger partial charge in [0.05, 0.1) is 10.8 Å². The maximum absolute atomic E-state index is 12.7. The molecular weight excluding hydrogens is 356 g/mol. The number of anilines is 1. The molecule has 0 unspecified atom stereocenters. The molecule has 7 nitrogen and oxygen atoms in total. The van der Waals surface area contributed by atoms with Gasteiger partial charge in [0.15, 0.2) is 0 Å². The molecule has 3 aromatic rings. The minimum atomic E-state index is -0.368. The number of carbonyl (C=O) groups excluding carboxylic acids is 1. The second-order valence-corrected chi connectivity index (χ2v) is 7.08. The van der Waals surface area contributed by atoms with Crippen LogP contribution in [0.25, 0.3) is 10.8 Å².